The zero-order chi connectivity index (χ0) is 22.3. The van der Waals surface area contributed by atoms with Gasteiger partial charge in [0, 0.05) is 34.6 Å². The molecular weight excluding hydrogens is 416 g/mol. The van der Waals surface area contributed by atoms with Crippen molar-refractivity contribution in [1.29, 1.82) is 0 Å². The van der Waals surface area contributed by atoms with Crippen molar-refractivity contribution in [2.45, 2.75) is 13.0 Å². The monoisotopic (exact) mass is 438 g/mol. The average molecular weight is 439 g/mol. The van der Waals surface area contributed by atoms with Crippen molar-refractivity contribution >= 4 is 23.1 Å². The van der Waals surface area contributed by atoms with Gasteiger partial charge in [0.05, 0.1) is 6.04 Å². The van der Waals surface area contributed by atoms with Crippen LogP contribution in [0.4, 0.5) is 5.82 Å². The minimum Gasteiger partial charge on any atom is -0.309 e. The van der Waals surface area contributed by atoms with Crippen molar-refractivity contribution in [3.8, 4) is 34.1 Å². The quantitative estimate of drug-likeness (QED) is 0.439. The van der Waals surface area contributed by atoms with Crippen LogP contribution in [0.2, 0.25) is 0 Å². The van der Waals surface area contributed by atoms with E-state index in [1.54, 1.807) is 37.7 Å². The molecule has 0 fully saturated rings. The Bertz CT molecular complexity index is 1270. The van der Waals surface area contributed by atoms with E-state index in [2.05, 4.69) is 38.2 Å². The first-order valence-corrected chi connectivity index (χ1v) is 11.1. The molecule has 0 radical (unpaired) electrons. The van der Waals surface area contributed by atoms with Crippen molar-refractivity contribution in [1.82, 2.24) is 15.3 Å². The lowest BCUT2D eigenvalue weighted by Crippen LogP contribution is -2.35. The van der Waals surface area contributed by atoms with Crippen LogP contribution >= 0.6 is 11.3 Å². The molecule has 3 heterocycles. The lowest BCUT2D eigenvalue weighted by molar-refractivity contribution is -0.117. The Kier molecular flexibility index (Phi) is 6.71. The maximum Gasteiger partial charge on any atom is 0.242 e. The Labute approximate surface area is 191 Å². The highest BCUT2D eigenvalue weighted by molar-refractivity contribution is 7.08. The van der Waals surface area contributed by atoms with Gasteiger partial charge in [0.2, 0.25) is 5.91 Å². The molecule has 0 aliphatic heterocycles. The van der Waals surface area contributed by atoms with Gasteiger partial charge in [-0.3, -0.25) is 9.78 Å². The van der Waals surface area contributed by atoms with Crippen LogP contribution in [0.25, 0.3) is 22.3 Å². The number of nitrogens with zero attached hydrogens (tertiary/aromatic N) is 2. The van der Waals surface area contributed by atoms with E-state index in [0.29, 0.717) is 11.5 Å². The number of carbonyl (C=O) groups is 1. The smallest absolute Gasteiger partial charge is 0.242 e. The van der Waals surface area contributed by atoms with E-state index in [0.717, 1.165) is 27.8 Å². The van der Waals surface area contributed by atoms with Crippen LogP contribution < -0.4 is 10.6 Å². The zero-order valence-electron chi connectivity index (χ0n) is 17.8. The van der Waals surface area contributed by atoms with Crippen molar-refractivity contribution in [3.05, 3.63) is 89.0 Å². The minimum atomic E-state index is -0.328. The van der Waals surface area contributed by atoms with E-state index in [1.807, 2.05) is 54.6 Å². The lowest BCUT2D eigenvalue weighted by atomic mass is 9.98. The molecule has 0 saturated heterocycles. The van der Waals surface area contributed by atoms with Gasteiger partial charge in [0.15, 0.2) is 0 Å². The Morgan fingerprint density at radius 3 is 2.44 bits per heavy atom. The Morgan fingerprint density at radius 2 is 1.69 bits per heavy atom. The number of carbonyl (C=O) groups excluding carboxylic acids is 1. The van der Waals surface area contributed by atoms with E-state index < -0.39 is 0 Å². The number of nitrogens with one attached hydrogen (secondary N) is 2. The van der Waals surface area contributed by atoms with E-state index >= 15 is 0 Å². The third kappa shape index (κ3) is 4.92. The van der Waals surface area contributed by atoms with Crippen LogP contribution in [0.1, 0.15) is 18.2 Å². The third-order valence-electron chi connectivity index (χ3n) is 5.02. The molecule has 158 valence electrons. The molecule has 6 heteroatoms. The molecule has 0 bridgehead atoms. The number of pyridine rings is 2. The molecule has 0 aliphatic rings. The molecule has 1 amide bonds. The summed E-state index contributed by atoms with van der Waals surface area (Å²) in [6.45, 7) is 1.80. The van der Waals surface area contributed by atoms with Crippen LogP contribution in [-0.4, -0.2) is 29.0 Å². The van der Waals surface area contributed by atoms with Crippen LogP contribution in [-0.2, 0) is 4.79 Å². The molecular formula is C26H22N4OS. The molecule has 2 N–H and O–H groups in total. The first-order valence-electron chi connectivity index (χ1n) is 10.2. The standard InChI is InChI=1S/C26H22N4OS/c1-18(27-2)26(31)30-25-11-9-21(24(29-25)10-8-19-6-4-3-5-7-19)23-17-32-16-22(23)20-12-14-28-15-13-20/h3-7,9,11-18,27H,1-2H3,(H,29,30,31). The van der Waals surface area contributed by atoms with Crippen LogP contribution in [0.3, 0.4) is 0 Å². The zero-order valence-corrected chi connectivity index (χ0v) is 18.6. The number of thiophene rings is 1. The number of rotatable bonds is 5. The molecule has 1 atom stereocenters. The van der Waals surface area contributed by atoms with Crippen molar-refractivity contribution in [2.75, 3.05) is 12.4 Å². The SMILES string of the molecule is CNC(C)C(=O)Nc1ccc(-c2cscc2-c2ccncc2)c(C#Cc2ccccc2)n1. The molecule has 5 nitrogen and oxygen atoms in total. The number of likely N-dealkylation sites (N-methyl/N-ethyl adjacent to an activating group) is 1. The van der Waals surface area contributed by atoms with Gasteiger partial charge < -0.3 is 10.6 Å². The highest BCUT2D eigenvalue weighted by Gasteiger charge is 2.16. The van der Waals surface area contributed by atoms with Gasteiger partial charge in [-0.15, -0.1) is 0 Å². The molecule has 32 heavy (non-hydrogen) atoms. The second-order valence-electron chi connectivity index (χ2n) is 7.14. The maximum absolute atomic E-state index is 12.3. The summed E-state index contributed by atoms with van der Waals surface area (Å²) in [7, 11) is 1.74. The number of hydrogen-bond acceptors (Lipinski definition) is 5. The van der Waals surface area contributed by atoms with Crippen molar-refractivity contribution in [2.24, 2.45) is 0 Å². The summed E-state index contributed by atoms with van der Waals surface area (Å²) >= 11 is 1.63. The molecule has 0 spiro atoms. The number of benzene rings is 1. The third-order valence-corrected chi connectivity index (χ3v) is 5.76. The van der Waals surface area contributed by atoms with E-state index in [4.69, 9.17) is 4.98 Å². The lowest BCUT2D eigenvalue weighted by Gasteiger charge is -2.12. The molecule has 1 aromatic carbocycles. The van der Waals surface area contributed by atoms with E-state index in [-0.39, 0.29) is 11.9 Å². The molecule has 3 aromatic heterocycles. The van der Waals surface area contributed by atoms with Gasteiger partial charge in [-0.05, 0) is 72.6 Å². The molecule has 0 aliphatic carbocycles. The van der Waals surface area contributed by atoms with Gasteiger partial charge in [0.1, 0.15) is 11.5 Å². The number of anilines is 1. The fraction of sp³-hybridized carbons (Fsp3) is 0.115. The number of aromatic nitrogens is 2. The van der Waals surface area contributed by atoms with Gasteiger partial charge in [-0.1, -0.05) is 24.1 Å². The van der Waals surface area contributed by atoms with Gasteiger partial charge in [-0.2, -0.15) is 11.3 Å². The predicted molar refractivity (Wildman–Crippen MR) is 130 cm³/mol. The normalized spacial score (nSPS) is 11.3. The van der Waals surface area contributed by atoms with E-state index in [9.17, 15) is 4.79 Å². The fourth-order valence-corrected chi connectivity index (χ4v) is 3.98. The first kappa shape index (κ1) is 21.4. The van der Waals surface area contributed by atoms with Crippen LogP contribution in [0.15, 0.2) is 77.8 Å². The highest BCUT2D eigenvalue weighted by atomic mass is 32.1. The first-order chi connectivity index (χ1) is 15.7. The van der Waals surface area contributed by atoms with Gasteiger partial charge in [0.25, 0.3) is 0 Å². The summed E-state index contributed by atoms with van der Waals surface area (Å²) in [4.78, 5) is 21.1. The van der Waals surface area contributed by atoms with Gasteiger partial charge in [-0.25, -0.2) is 4.98 Å². The minimum absolute atomic E-state index is 0.150. The topological polar surface area (TPSA) is 66.9 Å². The highest BCUT2D eigenvalue weighted by Crippen LogP contribution is 2.36. The molecule has 4 aromatic rings. The summed E-state index contributed by atoms with van der Waals surface area (Å²) in [5.41, 5.74) is 5.66. The Hall–Kier alpha value is -3.79. The van der Waals surface area contributed by atoms with Crippen LogP contribution in [0.5, 0.6) is 0 Å². The summed E-state index contributed by atoms with van der Waals surface area (Å²) in [5.74, 6) is 6.73. The van der Waals surface area contributed by atoms with E-state index in [1.165, 1.54) is 0 Å². The molecule has 4 rings (SSSR count). The fourth-order valence-electron chi connectivity index (χ4n) is 3.12. The summed E-state index contributed by atoms with van der Waals surface area (Å²) in [5, 5.41) is 10.0. The number of amides is 1. The summed E-state index contributed by atoms with van der Waals surface area (Å²) < 4.78 is 0. The largest absolute Gasteiger partial charge is 0.309 e. The maximum atomic E-state index is 12.3. The van der Waals surface area contributed by atoms with Crippen molar-refractivity contribution < 1.29 is 4.79 Å². The molecule has 0 saturated carbocycles. The Balaban J connectivity index is 1.78. The number of hydrogen-bond donors (Lipinski definition) is 2. The second kappa shape index (κ2) is 10.0. The second-order valence-corrected chi connectivity index (χ2v) is 7.89. The Morgan fingerprint density at radius 1 is 0.938 bits per heavy atom. The van der Waals surface area contributed by atoms with Crippen molar-refractivity contribution in [3.63, 3.8) is 0 Å². The molecule has 1 unspecified atom stereocenters. The summed E-state index contributed by atoms with van der Waals surface area (Å²) in [6, 6.07) is 17.2. The predicted octanol–water partition coefficient (Wildman–Crippen LogP) is 4.82. The summed E-state index contributed by atoms with van der Waals surface area (Å²) in [6.07, 6.45) is 3.57. The van der Waals surface area contributed by atoms with Crippen LogP contribution in [0, 0.1) is 11.8 Å². The average Bonchev–Trinajstić information content (AvgIpc) is 3.33. The van der Waals surface area contributed by atoms with Gasteiger partial charge >= 0.3 is 0 Å².